The molecule has 1 atom stereocenters. The Hall–Kier alpha value is -0.900. The summed E-state index contributed by atoms with van der Waals surface area (Å²) in [4.78, 5) is 5.64. The van der Waals surface area contributed by atoms with E-state index in [4.69, 9.17) is 11.6 Å². The summed E-state index contributed by atoms with van der Waals surface area (Å²) in [6.45, 7) is 2.98. The molecule has 96 valence electrons. The molecule has 18 heavy (non-hydrogen) atoms. The van der Waals surface area contributed by atoms with Gasteiger partial charge in [0.25, 0.3) is 0 Å². The molecule has 1 aromatic carbocycles. The minimum atomic E-state index is 0.438. The minimum Gasteiger partial charge on any atom is -0.319 e. The van der Waals surface area contributed by atoms with Crippen LogP contribution in [0, 0.1) is 6.92 Å². The zero-order valence-corrected chi connectivity index (χ0v) is 12.2. The van der Waals surface area contributed by atoms with Gasteiger partial charge in [0, 0.05) is 28.6 Å². The zero-order chi connectivity index (χ0) is 13.0. The van der Waals surface area contributed by atoms with Crippen molar-refractivity contribution in [1.82, 2.24) is 10.3 Å². The van der Waals surface area contributed by atoms with E-state index in [0.29, 0.717) is 5.92 Å². The molecule has 1 N–H and O–H groups in total. The normalized spacial score (nSPS) is 12.6. The molecule has 0 fully saturated rings. The van der Waals surface area contributed by atoms with Gasteiger partial charge in [-0.05, 0) is 38.1 Å². The summed E-state index contributed by atoms with van der Waals surface area (Å²) < 4.78 is 0. The third-order valence-corrected chi connectivity index (χ3v) is 4.06. The van der Waals surface area contributed by atoms with Gasteiger partial charge in [0.15, 0.2) is 0 Å². The van der Waals surface area contributed by atoms with Gasteiger partial charge in [0.05, 0.1) is 5.01 Å². The van der Waals surface area contributed by atoms with Crippen molar-refractivity contribution < 1.29 is 0 Å². The Bertz CT molecular complexity index is 510. The lowest BCUT2D eigenvalue weighted by atomic mass is 9.95. The number of thiazole rings is 1. The molecule has 0 amide bonds. The maximum atomic E-state index is 6.07. The van der Waals surface area contributed by atoms with Crippen LogP contribution in [0.3, 0.4) is 0 Å². The number of rotatable bonds is 5. The van der Waals surface area contributed by atoms with E-state index in [1.807, 2.05) is 32.3 Å². The first-order chi connectivity index (χ1) is 8.69. The van der Waals surface area contributed by atoms with Crippen LogP contribution in [0.25, 0.3) is 0 Å². The average molecular weight is 281 g/mol. The summed E-state index contributed by atoms with van der Waals surface area (Å²) in [6, 6.07) is 8.12. The number of nitrogens with zero attached hydrogens (tertiary/aromatic N) is 1. The third kappa shape index (κ3) is 3.55. The summed E-state index contributed by atoms with van der Waals surface area (Å²) in [5.74, 6) is 0.438. The fourth-order valence-electron chi connectivity index (χ4n) is 2.06. The first-order valence-electron chi connectivity index (χ1n) is 6.00. The molecule has 1 heterocycles. The Kier molecular flexibility index (Phi) is 4.75. The second kappa shape index (κ2) is 6.32. The van der Waals surface area contributed by atoms with E-state index in [-0.39, 0.29) is 0 Å². The van der Waals surface area contributed by atoms with Crippen molar-refractivity contribution in [3.8, 4) is 0 Å². The van der Waals surface area contributed by atoms with Crippen LogP contribution in [0.1, 0.15) is 21.4 Å². The molecule has 0 saturated heterocycles. The van der Waals surface area contributed by atoms with E-state index in [2.05, 4.69) is 22.4 Å². The van der Waals surface area contributed by atoms with Gasteiger partial charge in [-0.15, -0.1) is 11.3 Å². The Morgan fingerprint density at radius 2 is 2.28 bits per heavy atom. The maximum absolute atomic E-state index is 6.07. The number of halogens is 1. The Morgan fingerprint density at radius 1 is 1.44 bits per heavy atom. The predicted octanol–water partition coefficient (Wildman–Crippen LogP) is 3.65. The van der Waals surface area contributed by atoms with Gasteiger partial charge in [-0.25, -0.2) is 4.98 Å². The van der Waals surface area contributed by atoms with Crippen molar-refractivity contribution >= 4 is 22.9 Å². The second-order valence-corrected chi connectivity index (χ2v) is 6.12. The van der Waals surface area contributed by atoms with Gasteiger partial charge >= 0.3 is 0 Å². The van der Waals surface area contributed by atoms with Crippen molar-refractivity contribution in [1.29, 1.82) is 0 Å². The number of benzene rings is 1. The highest BCUT2D eigenvalue weighted by Gasteiger charge is 2.13. The molecule has 2 nitrogen and oxygen atoms in total. The molecule has 0 radical (unpaired) electrons. The zero-order valence-electron chi connectivity index (χ0n) is 10.6. The highest BCUT2D eigenvalue weighted by Crippen LogP contribution is 2.25. The summed E-state index contributed by atoms with van der Waals surface area (Å²) >= 11 is 7.83. The van der Waals surface area contributed by atoms with E-state index in [1.54, 1.807) is 11.3 Å². The Labute approximate surface area is 117 Å². The van der Waals surface area contributed by atoms with E-state index in [9.17, 15) is 0 Å². The van der Waals surface area contributed by atoms with Crippen LogP contribution in [-0.2, 0) is 6.42 Å². The molecule has 0 saturated carbocycles. The number of nitrogens with one attached hydrogen (secondary N) is 1. The lowest BCUT2D eigenvalue weighted by molar-refractivity contribution is 0.629. The highest BCUT2D eigenvalue weighted by atomic mass is 35.5. The molecule has 1 aromatic heterocycles. The molecule has 1 unspecified atom stereocenters. The SMILES string of the molecule is CNCC(Cc1cnc(C)s1)c1cccc(Cl)c1. The predicted molar refractivity (Wildman–Crippen MR) is 78.7 cm³/mol. The Balaban J connectivity index is 2.17. The van der Waals surface area contributed by atoms with Gasteiger partial charge in [-0.2, -0.15) is 0 Å². The van der Waals surface area contributed by atoms with Crippen LogP contribution in [0.5, 0.6) is 0 Å². The minimum absolute atomic E-state index is 0.438. The van der Waals surface area contributed by atoms with E-state index in [1.165, 1.54) is 10.4 Å². The monoisotopic (exact) mass is 280 g/mol. The van der Waals surface area contributed by atoms with Crippen LogP contribution in [0.4, 0.5) is 0 Å². The molecule has 2 rings (SSSR count). The third-order valence-electron chi connectivity index (χ3n) is 2.89. The van der Waals surface area contributed by atoms with E-state index >= 15 is 0 Å². The van der Waals surface area contributed by atoms with Gasteiger partial charge in [0.2, 0.25) is 0 Å². The van der Waals surface area contributed by atoms with Gasteiger partial charge in [-0.3, -0.25) is 0 Å². The number of hydrogen-bond acceptors (Lipinski definition) is 3. The first-order valence-corrected chi connectivity index (χ1v) is 7.20. The van der Waals surface area contributed by atoms with Crippen LogP contribution in [0.2, 0.25) is 5.02 Å². The van der Waals surface area contributed by atoms with Crippen molar-refractivity contribution in [2.24, 2.45) is 0 Å². The largest absolute Gasteiger partial charge is 0.319 e. The molecular weight excluding hydrogens is 264 g/mol. The number of hydrogen-bond donors (Lipinski definition) is 1. The summed E-state index contributed by atoms with van der Waals surface area (Å²) in [5.41, 5.74) is 1.28. The van der Waals surface area contributed by atoms with Crippen molar-refractivity contribution in [3.05, 3.63) is 50.9 Å². The van der Waals surface area contributed by atoms with Crippen LogP contribution >= 0.6 is 22.9 Å². The first kappa shape index (κ1) is 13.5. The molecule has 0 spiro atoms. The van der Waals surface area contributed by atoms with Crippen LogP contribution in [-0.4, -0.2) is 18.6 Å². The lowest BCUT2D eigenvalue weighted by Crippen LogP contribution is -2.18. The van der Waals surface area contributed by atoms with Crippen LogP contribution in [0.15, 0.2) is 30.5 Å². The summed E-state index contributed by atoms with van der Waals surface area (Å²) in [7, 11) is 1.98. The van der Waals surface area contributed by atoms with Gasteiger partial charge < -0.3 is 5.32 Å². The molecule has 0 aliphatic rings. The standard InChI is InChI=1S/C14H17ClN2S/c1-10-17-9-14(18-10)7-12(8-16-2)11-4-3-5-13(15)6-11/h3-6,9,12,16H,7-8H2,1-2H3. The highest BCUT2D eigenvalue weighted by molar-refractivity contribution is 7.11. The van der Waals surface area contributed by atoms with E-state index in [0.717, 1.165) is 23.0 Å². The number of aryl methyl sites for hydroxylation is 1. The second-order valence-electron chi connectivity index (χ2n) is 4.36. The van der Waals surface area contributed by atoms with E-state index < -0.39 is 0 Å². The Morgan fingerprint density at radius 3 is 2.89 bits per heavy atom. The van der Waals surface area contributed by atoms with Gasteiger partial charge in [0.1, 0.15) is 0 Å². The summed E-state index contributed by atoms with van der Waals surface area (Å²) in [5, 5.41) is 5.18. The molecule has 0 aliphatic heterocycles. The lowest BCUT2D eigenvalue weighted by Gasteiger charge is -2.16. The van der Waals surface area contributed by atoms with Crippen LogP contribution < -0.4 is 5.32 Å². The fraction of sp³-hybridized carbons (Fsp3) is 0.357. The quantitative estimate of drug-likeness (QED) is 0.904. The molecular formula is C14H17ClN2S. The smallest absolute Gasteiger partial charge is 0.0896 e. The average Bonchev–Trinajstić information content (AvgIpc) is 2.74. The molecule has 0 bridgehead atoms. The number of aromatic nitrogens is 1. The van der Waals surface area contributed by atoms with Gasteiger partial charge in [-0.1, -0.05) is 23.7 Å². The van der Waals surface area contributed by atoms with Crippen molar-refractivity contribution in [3.63, 3.8) is 0 Å². The topological polar surface area (TPSA) is 24.9 Å². The van der Waals surface area contributed by atoms with Crippen molar-refractivity contribution in [2.75, 3.05) is 13.6 Å². The molecule has 0 aliphatic carbocycles. The maximum Gasteiger partial charge on any atom is 0.0896 e. The molecule has 2 aromatic rings. The summed E-state index contributed by atoms with van der Waals surface area (Å²) in [6.07, 6.45) is 2.99. The van der Waals surface area contributed by atoms with Crippen molar-refractivity contribution in [2.45, 2.75) is 19.3 Å². The fourth-order valence-corrected chi connectivity index (χ4v) is 3.13. The molecule has 4 heteroatoms. The number of likely N-dealkylation sites (N-methyl/N-ethyl adjacent to an activating group) is 1.